The summed E-state index contributed by atoms with van der Waals surface area (Å²) in [4.78, 5) is 25.1. The zero-order valence-corrected chi connectivity index (χ0v) is 10.8. The topological polar surface area (TPSA) is 67.3 Å². The first-order valence-electron chi connectivity index (χ1n) is 6.14. The van der Waals surface area contributed by atoms with Crippen LogP contribution < -0.4 is 5.56 Å². The van der Waals surface area contributed by atoms with Gasteiger partial charge in [0.1, 0.15) is 0 Å². The molecule has 6 heteroatoms. The van der Waals surface area contributed by atoms with Crippen LogP contribution in [0, 0.1) is 0 Å². The molecule has 1 fully saturated rings. The first-order chi connectivity index (χ1) is 8.61. The third-order valence-electron chi connectivity index (χ3n) is 3.41. The predicted molar refractivity (Wildman–Crippen MR) is 66.5 cm³/mol. The number of aromatic nitrogens is 2. The molecule has 1 aliphatic heterocycles. The Labute approximate surface area is 106 Å². The maximum atomic E-state index is 11.8. The Kier molecular flexibility index (Phi) is 3.86. The molecule has 0 bridgehead atoms. The Bertz CT molecular complexity index is 477. The highest BCUT2D eigenvalue weighted by molar-refractivity contribution is 5.76. The van der Waals surface area contributed by atoms with Crippen LogP contribution in [-0.4, -0.2) is 47.4 Å². The first kappa shape index (κ1) is 12.9. The van der Waals surface area contributed by atoms with Gasteiger partial charge in [0.05, 0.1) is 13.0 Å². The maximum Gasteiger partial charge on any atom is 0.266 e. The van der Waals surface area contributed by atoms with E-state index >= 15 is 0 Å². The zero-order chi connectivity index (χ0) is 13.1. The number of hydrogen-bond acceptors (Lipinski definition) is 3. The van der Waals surface area contributed by atoms with Gasteiger partial charge in [0.2, 0.25) is 5.91 Å². The van der Waals surface area contributed by atoms with Gasteiger partial charge in [-0.1, -0.05) is 0 Å². The van der Waals surface area contributed by atoms with Gasteiger partial charge in [-0.25, -0.2) is 0 Å². The lowest BCUT2D eigenvalue weighted by Crippen LogP contribution is -2.29. The quantitative estimate of drug-likeness (QED) is 0.825. The predicted octanol–water partition coefficient (Wildman–Crippen LogP) is 0.0658. The number of carbonyl (C=O) groups is 1. The molecule has 6 nitrogen and oxygen atoms in total. The van der Waals surface area contributed by atoms with Crippen LogP contribution in [0.25, 0.3) is 0 Å². The molecule has 0 spiro atoms. The van der Waals surface area contributed by atoms with Gasteiger partial charge in [0.15, 0.2) is 0 Å². The molecule has 2 rings (SSSR count). The van der Waals surface area contributed by atoms with Crippen molar-refractivity contribution in [2.45, 2.75) is 18.8 Å². The second kappa shape index (κ2) is 5.39. The van der Waals surface area contributed by atoms with Gasteiger partial charge in [-0.15, -0.1) is 0 Å². The number of likely N-dealkylation sites (tertiary alicyclic amines) is 1. The number of H-pyrrole nitrogens is 1. The molecule has 0 radical (unpaired) electrons. The average Bonchev–Trinajstić information content (AvgIpc) is 2.94. The normalized spacial score (nSPS) is 19.4. The van der Waals surface area contributed by atoms with E-state index in [4.69, 9.17) is 4.74 Å². The first-order valence-corrected chi connectivity index (χ1v) is 6.14. The molecule has 1 saturated heterocycles. The lowest BCUT2D eigenvalue weighted by atomic mass is 10.1. The molecule has 2 heterocycles. The number of carbonyl (C=O) groups excluding carboxylic acids is 1. The SMILES string of the molecule is COCCC(=O)N1CC[C@H](c2cc(=O)n(C)[nH]2)C1. The van der Waals surface area contributed by atoms with Crippen molar-refractivity contribution < 1.29 is 9.53 Å². The Hall–Kier alpha value is -1.56. The van der Waals surface area contributed by atoms with E-state index in [-0.39, 0.29) is 17.4 Å². The summed E-state index contributed by atoms with van der Waals surface area (Å²) in [5, 5.41) is 3.03. The molecule has 1 N–H and O–H groups in total. The van der Waals surface area contributed by atoms with Gasteiger partial charge in [0, 0.05) is 44.9 Å². The van der Waals surface area contributed by atoms with Crippen molar-refractivity contribution in [1.29, 1.82) is 0 Å². The van der Waals surface area contributed by atoms with Gasteiger partial charge in [-0.3, -0.25) is 19.4 Å². The van der Waals surface area contributed by atoms with Crippen LogP contribution in [0.2, 0.25) is 0 Å². The fraction of sp³-hybridized carbons (Fsp3) is 0.667. The molecule has 1 aromatic heterocycles. The van der Waals surface area contributed by atoms with Crippen molar-refractivity contribution in [1.82, 2.24) is 14.7 Å². The molecule has 1 aliphatic rings. The molecule has 1 amide bonds. The average molecular weight is 253 g/mol. The smallest absolute Gasteiger partial charge is 0.266 e. The monoisotopic (exact) mass is 253 g/mol. The number of methoxy groups -OCH3 is 1. The second-order valence-corrected chi connectivity index (χ2v) is 4.68. The summed E-state index contributed by atoms with van der Waals surface area (Å²) in [6.45, 7) is 1.90. The van der Waals surface area contributed by atoms with Crippen LogP contribution in [-0.2, 0) is 16.6 Å². The minimum atomic E-state index is -0.0332. The number of aryl methyl sites for hydroxylation is 1. The van der Waals surface area contributed by atoms with Crippen molar-refractivity contribution >= 4 is 5.91 Å². The lowest BCUT2D eigenvalue weighted by Gasteiger charge is -2.15. The van der Waals surface area contributed by atoms with Crippen molar-refractivity contribution in [2.24, 2.45) is 7.05 Å². The molecule has 1 aromatic rings. The summed E-state index contributed by atoms with van der Waals surface area (Å²) >= 11 is 0. The fourth-order valence-electron chi connectivity index (χ4n) is 2.31. The number of nitrogens with zero attached hydrogens (tertiary/aromatic N) is 2. The number of nitrogens with one attached hydrogen (secondary N) is 1. The molecule has 0 aromatic carbocycles. The number of hydrogen-bond donors (Lipinski definition) is 1. The molecular weight excluding hydrogens is 234 g/mol. The highest BCUT2D eigenvalue weighted by atomic mass is 16.5. The minimum Gasteiger partial charge on any atom is -0.384 e. The Balaban J connectivity index is 1.96. The largest absolute Gasteiger partial charge is 0.384 e. The number of rotatable bonds is 4. The maximum absolute atomic E-state index is 11.8. The van der Waals surface area contributed by atoms with Crippen LogP contribution in [0.4, 0.5) is 0 Å². The molecular formula is C12H19N3O3. The molecule has 0 aliphatic carbocycles. The summed E-state index contributed by atoms with van der Waals surface area (Å²) in [6, 6.07) is 1.62. The standard InChI is InChI=1S/C12H19N3O3/c1-14-12(17)7-10(13-14)9-3-5-15(8-9)11(16)4-6-18-2/h7,9,13H,3-6,8H2,1-2H3/t9-/m0/s1. The van der Waals surface area contributed by atoms with Crippen LogP contribution in [0.15, 0.2) is 10.9 Å². The third-order valence-corrected chi connectivity index (χ3v) is 3.41. The number of aromatic amines is 1. The van der Waals surface area contributed by atoms with E-state index in [0.717, 1.165) is 18.7 Å². The Morgan fingerprint density at radius 1 is 1.61 bits per heavy atom. The zero-order valence-electron chi connectivity index (χ0n) is 10.8. The van der Waals surface area contributed by atoms with Gasteiger partial charge in [-0.05, 0) is 6.42 Å². The lowest BCUT2D eigenvalue weighted by molar-refractivity contribution is -0.131. The van der Waals surface area contributed by atoms with E-state index in [9.17, 15) is 9.59 Å². The Morgan fingerprint density at radius 3 is 3.00 bits per heavy atom. The molecule has 18 heavy (non-hydrogen) atoms. The summed E-state index contributed by atoms with van der Waals surface area (Å²) in [7, 11) is 3.29. The van der Waals surface area contributed by atoms with Crippen LogP contribution in [0.5, 0.6) is 0 Å². The minimum absolute atomic E-state index is 0.0332. The van der Waals surface area contributed by atoms with Crippen molar-refractivity contribution in [3.05, 3.63) is 22.1 Å². The van der Waals surface area contributed by atoms with Crippen molar-refractivity contribution in [3.8, 4) is 0 Å². The summed E-state index contributed by atoms with van der Waals surface area (Å²) in [5.74, 6) is 0.364. The van der Waals surface area contributed by atoms with Crippen molar-refractivity contribution in [2.75, 3.05) is 26.8 Å². The van der Waals surface area contributed by atoms with Crippen LogP contribution in [0.1, 0.15) is 24.5 Å². The van der Waals surface area contributed by atoms with E-state index in [1.807, 2.05) is 4.90 Å². The summed E-state index contributed by atoms with van der Waals surface area (Å²) < 4.78 is 6.37. The second-order valence-electron chi connectivity index (χ2n) is 4.68. The van der Waals surface area contributed by atoms with Crippen LogP contribution in [0.3, 0.4) is 0 Å². The summed E-state index contributed by atoms with van der Waals surface area (Å²) in [6.07, 6.45) is 1.33. The van der Waals surface area contributed by atoms with Crippen LogP contribution >= 0.6 is 0 Å². The highest BCUT2D eigenvalue weighted by Gasteiger charge is 2.28. The number of ether oxygens (including phenoxy) is 1. The van der Waals surface area contributed by atoms with Crippen molar-refractivity contribution in [3.63, 3.8) is 0 Å². The molecule has 0 saturated carbocycles. The molecule has 0 unspecified atom stereocenters. The Morgan fingerprint density at radius 2 is 2.39 bits per heavy atom. The van der Waals surface area contributed by atoms with Gasteiger partial charge < -0.3 is 9.64 Å². The van der Waals surface area contributed by atoms with E-state index in [1.165, 1.54) is 4.68 Å². The third kappa shape index (κ3) is 2.64. The molecule has 100 valence electrons. The fourth-order valence-corrected chi connectivity index (χ4v) is 2.31. The van der Waals surface area contributed by atoms with Gasteiger partial charge in [0.25, 0.3) is 5.56 Å². The number of amides is 1. The van der Waals surface area contributed by atoms with Gasteiger partial charge in [-0.2, -0.15) is 0 Å². The highest BCUT2D eigenvalue weighted by Crippen LogP contribution is 2.25. The van der Waals surface area contributed by atoms with E-state index < -0.39 is 0 Å². The van der Waals surface area contributed by atoms with E-state index in [1.54, 1.807) is 20.2 Å². The van der Waals surface area contributed by atoms with Gasteiger partial charge >= 0.3 is 0 Å². The summed E-state index contributed by atoms with van der Waals surface area (Å²) in [5.41, 5.74) is 0.888. The molecule has 1 atom stereocenters. The van der Waals surface area contributed by atoms with E-state index in [2.05, 4.69) is 5.10 Å². The van der Waals surface area contributed by atoms with E-state index in [0.29, 0.717) is 19.6 Å².